The minimum Gasteiger partial charge on any atom is -0.465 e. The van der Waals surface area contributed by atoms with E-state index in [0.29, 0.717) is 16.6 Å². The largest absolute Gasteiger partial charge is 0.465 e. The van der Waals surface area contributed by atoms with Crippen LogP contribution in [-0.2, 0) is 0 Å². The van der Waals surface area contributed by atoms with Gasteiger partial charge in [0.25, 0.3) is 0 Å². The van der Waals surface area contributed by atoms with Crippen molar-refractivity contribution in [3.63, 3.8) is 0 Å². The molecule has 0 aliphatic rings. The summed E-state index contributed by atoms with van der Waals surface area (Å²) in [6.07, 6.45) is 2.22. The lowest BCUT2D eigenvalue weighted by Crippen LogP contribution is -2.12. The molecule has 0 saturated carbocycles. The first-order chi connectivity index (χ1) is 7.54. The second-order valence-corrected chi connectivity index (χ2v) is 4.77. The molecule has 4 nitrogen and oxygen atoms in total. The number of anilines is 1. The molecule has 0 fully saturated rings. The highest BCUT2D eigenvalue weighted by Crippen LogP contribution is 2.27. The van der Waals surface area contributed by atoms with Gasteiger partial charge in [-0.25, -0.2) is 9.78 Å². The van der Waals surface area contributed by atoms with Crippen LogP contribution < -0.4 is 10.9 Å². The zero-order valence-electron chi connectivity index (χ0n) is 9.49. The van der Waals surface area contributed by atoms with Crippen LogP contribution in [0.2, 0.25) is 0 Å². The van der Waals surface area contributed by atoms with E-state index in [2.05, 4.69) is 24.1 Å². The van der Waals surface area contributed by atoms with Gasteiger partial charge in [0, 0.05) is 10.5 Å². The lowest BCUT2D eigenvalue weighted by molar-refractivity contribution is 0.210. The van der Waals surface area contributed by atoms with Crippen molar-refractivity contribution in [3.8, 4) is 0 Å². The zero-order chi connectivity index (χ0) is 12.1. The molecule has 1 rings (SSSR count). The number of carboxylic acid groups (broad SMARTS) is 1. The van der Waals surface area contributed by atoms with E-state index in [1.807, 2.05) is 0 Å². The van der Waals surface area contributed by atoms with Gasteiger partial charge in [0.05, 0.1) is 0 Å². The summed E-state index contributed by atoms with van der Waals surface area (Å²) in [6.45, 7) is 4.23. The third-order valence-electron chi connectivity index (χ3n) is 2.33. The van der Waals surface area contributed by atoms with Crippen LogP contribution in [0.3, 0.4) is 0 Å². The van der Waals surface area contributed by atoms with E-state index in [1.54, 1.807) is 0 Å². The average Bonchev–Trinajstić information content (AvgIpc) is 2.54. The maximum atomic E-state index is 10.4. The third-order valence-corrected chi connectivity index (χ3v) is 3.55. The SMILES string of the molecule is [B]c1nc(NC(=O)O)sc1C(C)CCCC. The van der Waals surface area contributed by atoms with E-state index in [4.69, 9.17) is 13.0 Å². The number of nitrogens with one attached hydrogen (secondary N) is 1. The van der Waals surface area contributed by atoms with E-state index in [0.717, 1.165) is 24.1 Å². The normalized spacial score (nSPS) is 12.4. The Labute approximate surface area is 101 Å². The van der Waals surface area contributed by atoms with E-state index in [-0.39, 0.29) is 0 Å². The van der Waals surface area contributed by atoms with Crippen LogP contribution in [0.25, 0.3) is 0 Å². The Morgan fingerprint density at radius 3 is 2.94 bits per heavy atom. The van der Waals surface area contributed by atoms with E-state index in [9.17, 15) is 4.79 Å². The second-order valence-electron chi connectivity index (χ2n) is 3.74. The number of unbranched alkanes of at least 4 members (excludes halogenated alkanes) is 1. The molecular weight excluding hydrogens is 223 g/mol. The molecule has 0 saturated heterocycles. The van der Waals surface area contributed by atoms with Gasteiger partial charge in [-0.15, -0.1) is 11.3 Å². The Kier molecular flexibility index (Phi) is 4.80. The second kappa shape index (κ2) is 5.89. The molecule has 1 heterocycles. The predicted molar refractivity (Wildman–Crippen MR) is 67.1 cm³/mol. The summed E-state index contributed by atoms with van der Waals surface area (Å²) in [6, 6.07) is 0. The van der Waals surface area contributed by atoms with Crippen LogP contribution in [0.15, 0.2) is 0 Å². The van der Waals surface area contributed by atoms with Crippen molar-refractivity contribution in [2.45, 2.75) is 39.0 Å². The number of thiazole rings is 1. The summed E-state index contributed by atoms with van der Waals surface area (Å²) in [5, 5.41) is 11.1. The molecule has 2 radical (unpaired) electrons. The summed E-state index contributed by atoms with van der Waals surface area (Å²) >= 11 is 1.32. The van der Waals surface area contributed by atoms with Crippen molar-refractivity contribution in [1.29, 1.82) is 0 Å². The van der Waals surface area contributed by atoms with E-state index < -0.39 is 6.09 Å². The molecule has 16 heavy (non-hydrogen) atoms. The van der Waals surface area contributed by atoms with Crippen molar-refractivity contribution in [1.82, 2.24) is 4.98 Å². The fraction of sp³-hybridized carbons (Fsp3) is 0.600. The van der Waals surface area contributed by atoms with Gasteiger partial charge >= 0.3 is 6.09 Å². The highest BCUT2D eigenvalue weighted by atomic mass is 32.1. The Balaban J connectivity index is 2.72. The van der Waals surface area contributed by atoms with Gasteiger partial charge in [-0.1, -0.05) is 26.7 Å². The highest BCUT2D eigenvalue weighted by molar-refractivity contribution is 7.16. The lowest BCUT2D eigenvalue weighted by Gasteiger charge is -2.08. The molecular formula is C10H15BN2O2S. The van der Waals surface area contributed by atoms with Gasteiger partial charge in [-0.2, -0.15) is 0 Å². The molecule has 86 valence electrons. The van der Waals surface area contributed by atoms with Crippen LogP contribution >= 0.6 is 11.3 Å². The van der Waals surface area contributed by atoms with Gasteiger partial charge in [-0.05, 0) is 12.3 Å². The predicted octanol–water partition coefficient (Wildman–Crippen LogP) is 2.32. The summed E-state index contributed by atoms with van der Waals surface area (Å²) in [4.78, 5) is 15.4. The lowest BCUT2D eigenvalue weighted by atomic mass is 9.94. The fourth-order valence-corrected chi connectivity index (χ4v) is 2.44. The zero-order valence-corrected chi connectivity index (χ0v) is 10.3. The van der Waals surface area contributed by atoms with Crippen molar-refractivity contribution in [3.05, 3.63) is 4.88 Å². The Morgan fingerprint density at radius 1 is 1.69 bits per heavy atom. The van der Waals surface area contributed by atoms with E-state index >= 15 is 0 Å². The minimum atomic E-state index is -1.11. The number of hydrogen-bond acceptors (Lipinski definition) is 3. The van der Waals surface area contributed by atoms with Crippen LogP contribution in [-0.4, -0.2) is 24.0 Å². The molecule has 0 spiro atoms. The van der Waals surface area contributed by atoms with Crippen LogP contribution in [0, 0.1) is 0 Å². The smallest absolute Gasteiger partial charge is 0.410 e. The average molecular weight is 238 g/mol. The van der Waals surface area contributed by atoms with Gasteiger partial charge in [0.1, 0.15) is 7.85 Å². The van der Waals surface area contributed by atoms with Gasteiger partial charge in [-0.3, -0.25) is 5.32 Å². The standard InChI is InChI=1S/C10H15BN2O2S/c1-3-4-5-6(2)7-8(11)12-9(16-7)13-10(14)15/h6H,3-5H2,1-2H3,(H,12,13)(H,14,15). The quantitative estimate of drug-likeness (QED) is 0.774. The molecule has 1 atom stereocenters. The number of carbonyl (C=O) groups is 1. The van der Waals surface area contributed by atoms with Crippen molar-refractivity contribution in [2.24, 2.45) is 0 Å². The molecule has 0 aliphatic carbocycles. The van der Waals surface area contributed by atoms with Crippen molar-refractivity contribution in [2.75, 3.05) is 5.32 Å². The van der Waals surface area contributed by atoms with Crippen molar-refractivity contribution < 1.29 is 9.90 Å². The van der Waals surface area contributed by atoms with Crippen molar-refractivity contribution >= 4 is 36.0 Å². The first kappa shape index (κ1) is 13.0. The molecule has 1 aromatic rings. The highest BCUT2D eigenvalue weighted by Gasteiger charge is 2.14. The maximum absolute atomic E-state index is 10.4. The number of aromatic nitrogens is 1. The molecule has 1 unspecified atom stereocenters. The fourth-order valence-electron chi connectivity index (χ4n) is 1.48. The van der Waals surface area contributed by atoms with Gasteiger partial charge in [0.2, 0.25) is 0 Å². The first-order valence-electron chi connectivity index (χ1n) is 5.30. The molecule has 6 heteroatoms. The summed E-state index contributed by atoms with van der Waals surface area (Å²) in [5.74, 6) is 0.335. The van der Waals surface area contributed by atoms with E-state index in [1.165, 1.54) is 11.3 Å². The molecule has 1 aromatic heterocycles. The summed E-state index contributed by atoms with van der Waals surface area (Å²) < 4.78 is 0. The molecule has 1 amide bonds. The molecule has 2 N–H and O–H groups in total. The first-order valence-corrected chi connectivity index (χ1v) is 6.12. The topological polar surface area (TPSA) is 62.2 Å². The Bertz CT molecular complexity index is 368. The molecule has 0 bridgehead atoms. The maximum Gasteiger partial charge on any atom is 0.410 e. The van der Waals surface area contributed by atoms with Crippen LogP contribution in [0.1, 0.15) is 43.9 Å². The summed E-state index contributed by atoms with van der Waals surface area (Å²) in [5.41, 5.74) is 0.442. The molecule has 0 aromatic carbocycles. The Hall–Kier alpha value is -1.04. The van der Waals surface area contributed by atoms with Gasteiger partial charge < -0.3 is 5.11 Å². The number of rotatable bonds is 5. The Morgan fingerprint density at radius 2 is 2.38 bits per heavy atom. The minimum absolute atomic E-state index is 0.335. The van der Waals surface area contributed by atoms with Gasteiger partial charge in [0.15, 0.2) is 5.13 Å². The van der Waals surface area contributed by atoms with Crippen LogP contribution in [0.5, 0.6) is 0 Å². The van der Waals surface area contributed by atoms with Crippen LogP contribution in [0.4, 0.5) is 9.93 Å². The summed E-state index contributed by atoms with van der Waals surface area (Å²) in [7, 11) is 5.76. The monoisotopic (exact) mass is 238 g/mol. The number of amides is 1. The molecule has 0 aliphatic heterocycles. The number of hydrogen-bond donors (Lipinski definition) is 2. The number of nitrogens with zero attached hydrogens (tertiary/aromatic N) is 1. The third kappa shape index (κ3) is 3.52.